The number of fused-ring (bicyclic) bond motifs is 4. The minimum absolute atomic E-state index is 0.175. The molecule has 10 heteroatoms. The number of hydrogen-bond acceptors (Lipinski definition) is 6. The zero-order valence-corrected chi connectivity index (χ0v) is 25.3. The molecule has 0 radical (unpaired) electrons. The number of likely N-dealkylation sites (N-methyl/N-ethyl adjacent to an activating group) is 1. The third-order valence-electron chi connectivity index (χ3n) is 9.19. The Morgan fingerprint density at radius 2 is 1.93 bits per heavy atom. The summed E-state index contributed by atoms with van der Waals surface area (Å²) in [6, 6.07) is 17.6. The molecule has 222 valence electrons. The third-order valence-corrected chi connectivity index (χ3v) is 9.49. The van der Waals surface area contributed by atoms with Crippen LogP contribution in [0.4, 0.5) is 10.2 Å². The molecule has 0 saturated carbocycles. The quantitative estimate of drug-likeness (QED) is 0.214. The van der Waals surface area contributed by atoms with Crippen molar-refractivity contribution < 1.29 is 9.18 Å². The van der Waals surface area contributed by atoms with Crippen LogP contribution in [0.2, 0.25) is 5.02 Å². The fourth-order valence-electron chi connectivity index (χ4n) is 6.77. The lowest BCUT2D eigenvalue weighted by Gasteiger charge is -2.43. The Morgan fingerprint density at radius 3 is 2.68 bits per heavy atom. The van der Waals surface area contributed by atoms with Gasteiger partial charge in [-0.3, -0.25) is 4.79 Å². The van der Waals surface area contributed by atoms with Crippen LogP contribution in [-0.2, 0) is 4.79 Å². The number of imidazole rings is 1. The normalized spacial score (nSPS) is 18.8. The van der Waals surface area contributed by atoms with Gasteiger partial charge in [-0.05, 0) is 49.0 Å². The molecule has 2 aliphatic rings. The van der Waals surface area contributed by atoms with Crippen LogP contribution in [0.1, 0.15) is 18.9 Å². The molecule has 5 aromatic rings. The van der Waals surface area contributed by atoms with Crippen LogP contribution in [0.3, 0.4) is 0 Å². The molecule has 2 atom stereocenters. The number of hydrogen-bond donors (Lipinski definition) is 0. The number of pyridine rings is 1. The van der Waals surface area contributed by atoms with Crippen LogP contribution < -0.4 is 4.90 Å². The first-order chi connectivity index (χ1) is 21.3. The Kier molecular flexibility index (Phi) is 6.99. The number of carbonyl (C=O) groups is 1. The fourth-order valence-corrected chi connectivity index (χ4v) is 7.06. The van der Waals surface area contributed by atoms with Gasteiger partial charge in [-0.25, -0.2) is 14.4 Å². The van der Waals surface area contributed by atoms with Gasteiger partial charge in [0.2, 0.25) is 5.91 Å². The molecule has 0 N–H and O–H groups in total. The summed E-state index contributed by atoms with van der Waals surface area (Å²) in [4.78, 5) is 28.5. The van der Waals surface area contributed by atoms with E-state index in [1.807, 2.05) is 61.1 Å². The van der Waals surface area contributed by atoms with Crippen molar-refractivity contribution in [3.63, 3.8) is 0 Å². The minimum Gasteiger partial charge on any atom is -0.351 e. The van der Waals surface area contributed by atoms with Crippen molar-refractivity contribution in [3.8, 4) is 17.2 Å². The summed E-state index contributed by atoms with van der Waals surface area (Å²) < 4.78 is 18.9. The summed E-state index contributed by atoms with van der Waals surface area (Å²) in [5.74, 6) is -0.0739. The molecule has 8 nitrogen and oxygen atoms in total. The standard InChI is InChI=1S/C34H31ClFN7O/c1-4-28(44)42-18-22(14-21(42)12-13-37)43-19-38-32-33(43)26-15-27(35)29(25-11-7-9-20-8-5-6-10-24(20)25)30(36)31(26)39-34(32)41-16-23(17-41)40(2)3/h4-11,15,19,21-23H,1,12,14,16-18H2,2-3H3/t21-,22+/m0/s1. The summed E-state index contributed by atoms with van der Waals surface area (Å²) in [6.07, 6.45) is 3.81. The van der Waals surface area contributed by atoms with Gasteiger partial charge in [-0.2, -0.15) is 5.26 Å². The average molecular weight is 608 g/mol. The number of amides is 1. The van der Waals surface area contributed by atoms with Gasteiger partial charge in [0, 0.05) is 42.7 Å². The lowest BCUT2D eigenvalue weighted by Crippen LogP contribution is -2.57. The number of anilines is 1. The van der Waals surface area contributed by atoms with Gasteiger partial charge in [0.05, 0.1) is 35.4 Å². The summed E-state index contributed by atoms with van der Waals surface area (Å²) in [7, 11) is 4.10. The van der Waals surface area contributed by atoms with E-state index in [0.29, 0.717) is 46.9 Å². The summed E-state index contributed by atoms with van der Waals surface area (Å²) in [6.45, 7) is 5.52. The van der Waals surface area contributed by atoms with Crippen molar-refractivity contribution in [1.82, 2.24) is 24.3 Å². The van der Waals surface area contributed by atoms with E-state index in [-0.39, 0.29) is 35.0 Å². The molecule has 44 heavy (non-hydrogen) atoms. The number of halogens is 2. The van der Waals surface area contributed by atoms with Crippen LogP contribution in [0, 0.1) is 17.1 Å². The van der Waals surface area contributed by atoms with Crippen LogP contribution in [0.25, 0.3) is 43.8 Å². The van der Waals surface area contributed by atoms with Crippen LogP contribution in [-0.4, -0.2) is 76.1 Å². The Labute approximate surface area is 259 Å². The van der Waals surface area contributed by atoms with Crippen LogP contribution >= 0.6 is 11.6 Å². The molecule has 0 unspecified atom stereocenters. The van der Waals surface area contributed by atoms with Crippen molar-refractivity contribution in [2.45, 2.75) is 31.0 Å². The highest BCUT2D eigenvalue weighted by Crippen LogP contribution is 2.43. The molecular weight excluding hydrogens is 577 g/mol. The van der Waals surface area contributed by atoms with E-state index in [4.69, 9.17) is 21.6 Å². The first-order valence-electron chi connectivity index (χ1n) is 14.7. The molecule has 4 heterocycles. The molecule has 3 aromatic carbocycles. The maximum absolute atomic E-state index is 16.9. The third kappa shape index (κ3) is 4.40. The lowest BCUT2D eigenvalue weighted by atomic mass is 9.96. The zero-order valence-electron chi connectivity index (χ0n) is 24.5. The Hall–Kier alpha value is -4.52. The van der Waals surface area contributed by atoms with Gasteiger partial charge in [0.25, 0.3) is 0 Å². The number of likely N-dealkylation sites (tertiary alicyclic amines) is 1. The highest BCUT2D eigenvalue weighted by Gasteiger charge is 2.37. The van der Waals surface area contributed by atoms with Gasteiger partial charge in [-0.1, -0.05) is 60.6 Å². The topological polar surface area (TPSA) is 81.3 Å². The average Bonchev–Trinajstić information content (AvgIpc) is 3.62. The maximum Gasteiger partial charge on any atom is 0.246 e. The van der Waals surface area contributed by atoms with E-state index in [9.17, 15) is 10.1 Å². The van der Waals surface area contributed by atoms with Crippen LogP contribution in [0.15, 0.2) is 67.5 Å². The van der Waals surface area contributed by atoms with Crippen LogP contribution in [0.5, 0.6) is 0 Å². The Bertz CT molecular complexity index is 2000. The predicted molar refractivity (Wildman–Crippen MR) is 172 cm³/mol. The Morgan fingerprint density at radius 1 is 1.16 bits per heavy atom. The smallest absolute Gasteiger partial charge is 0.246 e. The molecule has 1 amide bonds. The largest absolute Gasteiger partial charge is 0.351 e. The zero-order chi connectivity index (χ0) is 30.7. The lowest BCUT2D eigenvalue weighted by molar-refractivity contribution is -0.126. The van der Waals surface area contributed by atoms with Gasteiger partial charge in [0.1, 0.15) is 11.0 Å². The number of nitrogens with zero attached hydrogens (tertiary/aromatic N) is 7. The predicted octanol–water partition coefficient (Wildman–Crippen LogP) is 6.19. The number of aromatic nitrogens is 3. The number of nitriles is 1. The molecule has 2 saturated heterocycles. The van der Waals surface area contributed by atoms with E-state index in [1.165, 1.54) is 6.08 Å². The molecule has 7 rings (SSSR count). The van der Waals surface area contributed by atoms with E-state index >= 15 is 4.39 Å². The van der Waals surface area contributed by atoms with Crippen molar-refractivity contribution in [2.75, 3.05) is 38.6 Å². The van der Waals surface area contributed by atoms with Crippen molar-refractivity contribution in [3.05, 3.63) is 78.4 Å². The second-order valence-corrected chi connectivity index (χ2v) is 12.3. The second-order valence-electron chi connectivity index (χ2n) is 11.9. The first-order valence-corrected chi connectivity index (χ1v) is 15.1. The molecule has 0 spiro atoms. The number of carbonyl (C=O) groups excluding carboxylic acids is 1. The highest BCUT2D eigenvalue weighted by molar-refractivity contribution is 6.35. The van der Waals surface area contributed by atoms with Gasteiger partial charge < -0.3 is 19.3 Å². The minimum atomic E-state index is -0.485. The summed E-state index contributed by atoms with van der Waals surface area (Å²) in [5, 5.41) is 12.2. The molecule has 2 fully saturated rings. The molecule has 2 aliphatic heterocycles. The van der Waals surface area contributed by atoms with Crippen molar-refractivity contribution in [2.24, 2.45) is 0 Å². The number of rotatable bonds is 6. The van der Waals surface area contributed by atoms with Gasteiger partial charge in [0.15, 0.2) is 11.6 Å². The SMILES string of the molecule is C=CC(=O)N1C[C@H](n2cnc3c(N4CC(N(C)C)C4)nc4c(F)c(-c5cccc6ccccc56)c(Cl)cc4c32)C[C@@H]1CC#N. The maximum atomic E-state index is 16.9. The molecule has 0 aliphatic carbocycles. The summed E-state index contributed by atoms with van der Waals surface area (Å²) in [5.41, 5.74) is 2.62. The number of benzene rings is 3. The monoisotopic (exact) mass is 607 g/mol. The fraction of sp³-hybridized carbons (Fsp3) is 0.294. The van der Waals surface area contributed by atoms with Crippen molar-refractivity contribution >= 4 is 56.0 Å². The second kappa shape index (κ2) is 10.9. The molecular formula is C34H31ClFN7O. The highest BCUT2D eigenvalue weighted by atomic mass is 35.5. The van der Waals surface area contributed by atoms with E-state index in [2.05, 4.69) is 22.4 Å². The van der Waals surface area contributed by atoms with E-state index < -0.39 is 5.82 Å². The van der Waals surface area contributed by atoms with Gasteiger partial charge >= 0.3 is 0 Å². The summed E-state index contributed by atoms with van der Waals surface area (Å²) >= 11 is 6.95. The molecule has 2 aromatic heterocycles. The Balaban J connectivity index is 1.45. The molecule has 0 bridgehead atoms. The van der Waals surface area contributed by atoms with Crippen molar-refractivity contribution in [1.29, 1.82) is 5.26 Å². The van der Waals surface area contributed by atoms with E-state index in [1.54, 1.807) is 17.3 Å². The van der Waals surface area contributed by atoms with Gasteiger partial charge in [-0.15, -0.1) is 0 Å². The van der Waals surface area contributed by atoms with E-state index in [0.717, 1.165) is 29.4 Å². The first kappa shape index (κ1) is 28.3.